The van der Waals surface area contributed by atoms with E-state index in [1.54, 1.807) is 15.8 Å². The summed E-state index contributed by atoms with van der Waals surface area (Å²) in [6.07, 6.45) is 64.9. The average molecular weight is 1030 g/mol. The molecule has 1 heterocycles. The summed E-state index contributed by atoms with van der Waals surface area (Å²) in [7, 11) is 0. The number of nitrogens with zero attached hydrogens (tertiary/aromatic N) is 2. The maximum atomic E-state index is 12.8. The Morgan fingerprint density at radius 1 is 0.320 bits per heavy atom. The van der Waals surface area contributed by atoms with E-state index in [2.05, 4.69) is 90.6 Å². The van der Waals surface area contributed by atoms with Crippen LogP contribution in [0.4, 0.5) is 0 Å². The van der Waals surface area contributed by atoms with E-state index in [4.69, 9.17) is 0 Å². The Kier molecular flexibility index (Phi) is 39.8. The zero-order chi connectivity index (χ0) is 53.8. The van der Waals surface area contributed by atoms with Gasteiger partial charge in [-0.25, -0.2) is 4.70 Å². The lowest BCUT2D eigenvalue weighted by atomic mass is 9.87. The van der Waals surface area contributed by atoms with Crippen LogP contribution in [0.25, 0.3) is 16.9 Å². The van der Waals surface area contributed by atoms with E-state index in [0.717, 1.165) is 61.1 Å². The number of rotatable bonds is 49. The van der Waals surface area contributed by atoms with Crippen molar-refractivity contribution in [1.82, 2.24) is 0 Å². The van der Waals surface area contributed by atoms with E-state index >= 15 is 0 Å². The molecule has 424 valence electrons. The summed E-state index contributed by atoms with van der Waals surface area (Å²) in [4.78, 5) is 0. The minimum Gasteiger partial charge on any atom is -0.493 e. The quantitative estimate of drug-likeness (QED) is 0.0359. The largest absolute Gasteiger partial charge is 0.493 e. The van der Waals surface area contributed by atoms with Crippen LogP contribution in [0.5, 0.6) is 0 Å². The van der Waals surface area contributed by atoms with Gasteiger partial charge >= 0.3 is 0 Å². The van der Waals surface area contributed by atoms with Gasteiger partial charge in [-0.15, -0.1) is 0 Å². The fourth-order valence-corrected chi connectivity index (χ4v) is 12.0. The number of benzene rings is 2. The molecule has 0 radical (unpaired) electrons. The summed E-state index contributed by atoms with van der Waals surface area (Å²) in [5.74, 6) is 7.42. The molecule has 0 spiro atoms. The predicted octanol–water partition coefficient (Wildman–Crippen LogP) is 24.3. The van der Waals surface area contributed by atoms with E-state index in [1.807, 2.05) is 0 Å². The minimum absolute atomic E-state index is 0.905. The van der Waals surface area contributed by atoms with E-state index in [9.17, 15) is 5.53 Å². The van der Waals surface area contributed by atoms with Crippen molar-refractivity contribution in [3.63, 3.8) is 0 Å². The normalized spacial score (nSPS) is 12.6. The highest BCUT2D eigenvalue weighted by atomic mass is 15.2. The van der Waals surface area contributed by atoms with Crippen LogP contribution in [0.15, 0.2) is 35.9 Å². The van der Waals surface area contributed by atoms with Crippen LogP contribution < -0.4 is 0 Å². The topological polar surface area (TPSA) is 25.3 Å². The molecule has 2 heteroatoms. The summed E-state index contributed by atoms with van der Waals surface area (Å²) in [6, 6.07) is 9.93. The summed E-state index contributed by atoms with van der Waals surface area (Å²) in [5.41, 5.74) is 27.2. The molecule has 0 atom stereocenters. The highest BCUT2D eigenvalue weighted by molar-refractivity contribution is 5.82. The maximum absolute atomic E-state index is 12.8. The SMILES string of the molecule is CCCCCCCCCCCCCCCCCCCCCCCCCC#CC1=C(c2cc(CCCCC)c(CCCCC)c(CCCCC)c2)[N+](=[N-])C(c2cc(CCCCC)c(CCCCC)c(CCCCC)c2)=C1. The van der Waals surface area contributed by atoms with Gasteiger partial charge in [0.05, 0.1) is 0 Å². The van der Waals surface area contributed by atoms with Crippen molar-refractivity contribution in [2.75, 3.05) is 0 Å². The van der Waals surface area contributed by atoms with Gasteiger partial charge in [0, 0.05) is 23.6 Å². The minimum atomic E-state index is 0.905. The van der Waals surface area contributed by atoms with Gasteiger partial charge < -0.3 is 5.53 Å². The number of allylic oxidation sites excluding steroid dienone is 2. The van der Waals surface area contributed by atoms with Crippen molar-refractivity contribution >= 4 is 11.4 Å². The molecule has 3 rings (SSSR count). The number of aryl methyl sites for hydroxylation is 4. The monoisotopic (exact) mass is 1030 g/mol. The summed E-state index contributed by atoms with van der Waals surface area (Å²) in [6.45, 7) is 16.3. The number of hydrogen-bond acceptors (Lipinski definition) is 0. The third kappa shape index (κ3) is 28.0. The highest BCUT2D eigenvalue weighted by Gasteiger charge is 2.31. The smallest absolute Gasteiger partial charge is 0.223 e. The second kappa shape index (κ2) is 45.0. The fraction of sp³-hybridized carbons (Fsp3) is 0.753. The van der Waals surface area contributed by atoms with Gasteiger partial charge in [0.1, 0.15) is 5.57 Å². The van der Waals surface area contributed by atoms with Gasteiger partial charge in [0.2, 0.25) is 11.4 Å². The summed E-state index contributed by atoms with van der Waals surface area (Å²) < 4.78 is 1.58. The zero-order valence-corrected chi connectivity index (χ0v) is 51.2. The van der Waals surface area contributed by atoms with Crippen LogP contribution in [0.1, 0.15) is 363 Å². The molecular formula is C73H122N2. The van der Waals surface area contributed by atoms with Gasteiger partial charge in [0.25, 0.3) is 0 Å². The second-order valence-electron chi connectivity index (χ2n) is 23.7. The molecule has 0 bridgehead atoms. The average Bonchev–Trinajstić information content (AvgIpc) is 3.75. The van der Waals surface area contributed by atoms with E-state index in [0.29, 0.717) is 0 Å². The molecule has 2 nitrogen and oxygen atoms in total. The standard InChI is InChI=1S/C73H122N2/c1-8-15-22-23-24-25-26-27-28-29-30-31-32-33-34-35-36-37-38-39-40-41-42-43-50-55-67-62-72(68-58-63(51-44-16-9-2)70(56-48-20-13-6)64(59-68)52-45-17-10-3)75(74)73(67)69-60-65(53-46-18-11-4)71(57-49-21-14-7)66(61-69)54-47-19-12-5/h58-62H,8-49,51-54,56-57H2,1-7H3. The highest BCUT2D eigenvalue weighted by Crippen LogP contribution is 2.39. The predicted molar refractivity (Wildman–Crippen MR) is 335 cm³/mol. The van der Waals surface area contributed by atoms with E-state index in [-0.39, 0.29) is 0 Å². The molecule has 0 aliphatic carbocycles. The van der Waals surface area contributed by atoms with E-state index in [1.165, 1.54) is 297 Å². The molecule has 1 aliphatic heterocycles. The first kappa shape index (κ1) is 66.4. The first-order valence-corrected chi connectivity index (χ1v) is 33.7. The molecule has 75 heavy (non-hydrogen) atoms. The molecule has 0 unspecified atom stereocenters. The lowest BCUT2D eigenvalue weighted by molar-refractivity contribution is -0.344. The number of hydrogen-bond donors (Lipinski definition) is 0. The molecule has 0 saturated carbocycles. The first-order valence-electron chi connectivity index (χ1n) is 33.7. The Balaban J connectivity index is 1.75. The molecule has 0 N–H and O–H groups in total. The van der Waals surface area contributed by atoms with Crippen LogP contribution in [0.2, 0.25) is 0 Å². The van der Waals surface area contributed by atoms with Crippen LogP contribution >= 0.6 is 0 Å². The molecular weight excluding hydrogens is 905 g/mol. The Bertz CT molecular complexity index is 1830. The summed E-state index contributed by atoms with van der Waals surface area (Å²) >= 11 is 0. The third-order valence-electron chi connectivity index (χ3n) is 16.8. The maximum Gasteiger partial charge on any atom is 0.223 e. The van der Waals surface area contributed by atoms with Crippen molar-refractivity contribution in [3.05, 3.63) is 86.0 Å². The molecule has 1 aliphatic rings. The number of unbranched alkanes of at least 4 members (excludes halogenated alkanes) is 35. The van der Waals surface area contributed by atoms with Gasteiger partial charge in [-0.3, -0.25) is 0 Å². The van der Waals surface area contributed by atoms with Crippen molar-refractivity contribution in [3.8, 4) is 11.8 Å². The van der Waals surface area contributed by atoms with Crippen LogP contribution in [-0.4, -0.2) is 4.70 Å². The van der Waals surface area contributed by atoms with E-state index < -0.39 is 0 Å². The lowest BCUT2D eigenvalue weighted by Crippen LogP contribution is -2.09. The lowest BCUT2D eigenvalue weighted by Gasteiger charge is -2.20. The van der Waals surface area contributed by atoms with Crippen molar-refractivity contribution in [2.24, 2.45) is 0 Å². The van der Waals surface area contributed by atoms with Gasteiger partial charge in [0.15, 0.2) is 0 Å². The molecule has 2 aromatic rings. The Morgan fingerprint density at radius 2 is 0.587 bits per heavy atom. The molecule has 0 aromatic heterocycles. The van der Waals surface area contributed by atoms with Gasteiger partial charge in [-0.2, -0.15) is 0 Å². The third-order valence-corrected chi connectivity index (χ3v) is 16.8. The molecule has 0 saturated heterocycles. The van der Waals surface area contributed by atoms with Crippen molar-refractivity contribution in [1.29, 1.82) is 0 Å². The van der Waals surface area contributed by atoms with Gasteiger partial charge in [-0.1, -0.05) is 279 Å². The Hall–Kier alpha value is -2.92. The summed E-state index contributed by atoms with van der Waals surface area (Å²) in [5, 5.41) is 0. The fourth-order valence-electron chi connectivity index (χ4n) is 12.0. The molecule has 0 amide bonds. The first-order chi connectivity index (χ1) is 37.0. The van der Waals surface area contributed by atoms with Gasteiger partial charge in [-0.05, 0) is 141 Å². The van der Waals surface area contributed by atoms with Crippen LogP contribution in [0.3, 0.4) is 0 Å². The molecule has 2 aromatic carbocycles. The van der Waals surface area contributed by atoms with Crippen molar-refractivity contribution in [2.45, 2.75) is 357 Å². The Labute approximate surface area is 468 Å². The second-order valence-corrected chi connectivity index (χ2v) is 23.7. The Morgan fingerprint density at radius 3 is 0.907 bits per heavy atom. The zero-order valence-electron chi connectivity index (χ0n) is 51.2. The van der Waals surface area contributed by atoms with Crippen LogP contribution in [-0.2, 0) is 38.5 Å². The molecule has 0 fully saturated rings. The van der Waals surface area contributed by atoms with Crippen LogP contribution in [0, 0.1) is 11.8 Å². The van der Waals surface area contributed by atoms with Crippen molar-refractivity contribution < 1.29 is 4.70 Å².